The van der Waals surface area contributed by atoms with E-state index in [2.05, 4.69) is 15.0 Å². The molecule has 3 amide bonds. The molecule has 8 nitrogen and oxygen atoms in total. The Hall–Kier alpha value is -2.81. The first kappa shape index (κ1) is 18.0. The minimum atomic E-state index is -0.363. The summed E-state index contributed by atoms with van der Waals surface area (Å²) in [5, 5.41) is 2.56. The molecule has 0 unspecified atom stereocenters. The number of carbonyl (C=O) groups excluding carboxylic acids is 2. The van der Waals surface area contributed by atoms with E-state index < -0.39 is 0 Å². The molecule has 0 atom stereocenters. The van der Waals surface area contributed by atoms with Gasteiger partial charge in [0.05, 0.1) is 6.34 Å². The van der Waals surface area contributed by atoms with Gasteiger partial charge >= 0.3 is 6.03 Å². The number of pyridine rings is 1. The summed E-state index contributed by atoms with van der Waals surface area (Å²) in [5.41, 5.74) is 6.51. The molecule has 9 heteroatoms. The van der Waals surface area contributed by atoms with E-state index in [-0.39, 0.29) is 18.0 Å². The van der Waals surface area contributed by atoms with Crippen LogP contribution in [0.2, 0.25) is 0 Å². The number of nitrogens with two attached hydrogens (primary N) is 1. The van der Waals surface area contributed by atoms with Crippen LogP contribution in [0.25, 0.3) is 10.6 Å². The van der Waals surface area contributed by atoms with Crippen LogP contribution < -0.4 is 5.73 Å². The van der Waals surface area contributed by atoms with Crippen LogP contribution in [0.1, 0.15) is 23.3 Å². The molecule has 0 spiro atoms. The smallest absolute Gasteiger partial charge is 0.344 e. The van der Waals surface area contributed by atoms with Crippen molar-refractivity contribution in [2.75, 3.05) is 20.1 Å². The number of aromatic nitrogens is 2. The maximum Gasteiger partial charge on any atom is 0.344 e. The second-order valence-electron chi connectivity index (χ2n) is 5.97. The minimum absolute atomic E-state index is 0.0524. The number of urea groups is 1. The monoisotopic (exact) mass is 372 g/mol. The number of piperidine rings is 1. The Bertz CT molecular complexity index is 799. The van der Waals surface area contributed by atoms with Crippen LogP contribution in [0.3, 0.4) is 0 Å². The molecular weight excluding hydrogens is 352 g/mol. The van der Waals surface area contributed by atoms with Crippen LogP contribution >= 0.6 is 11.3 Å². The second kappa shape index (κ2) is 8.05. The topological polar surface area (TPSA) is 105 Å². The number of hydrogen-bond donors (Lipinski definition) is 1. The van der Waals surface area contributed by atoms with Crippen molar-refractivity contribution in [3.63, 3.8) is 0 Å². The number of amides is 3. The third-order valence-corrected chi connectivity index (χ3v) is 5.31. The van der Waals surface area contributed by atoms with Gasteiger partial charge in [-0.25, -0.2) is 9.78 Å². The van der Waals surface area contributed by atoms with Gasteiger partial charge in [0.25, 0.3) is 5.91 Å². The number of rotatable bonds is 3. The predicted molar refractivity (Wildman–Crippen MR) is 100 cm³/mol. The summed E-state index contributed by atoms with van der Waals surface area (Å²) in [5.74, 6) is -0.0798. The lowest BCUT2D eigenvalue weighted by atomic mass is 10.0. The second-order valence-corrected chi connectivity index (χ2v) is 6.83. The Morgan fingerprint density at radius 3 is 2.85 bits per heavy atom. The summed E-state index contributed by atoms with van der Waals surface area (Å²) >= 11 is 1.43. The molecular formula is C17H20N6O2S. The lowest BCUT2D eigenvalue weighted by Crippen LogP contribution is -2.46. The summed E-state index contributed by atoms with van der Waals surface area (Å²) in [6.07, 6.45) is 5.84. The number of nitrogens with zero attached hydrogens (tertiary/aromatic N) is 5. The fourth-order valence-electron chi connectivity index (χ4n) is 2.92. The van der Waals surface area contributed by atoms with Crippen molar-refractivity contribution >= 4 is 29.6 Å². The van der Waals surface area contributed by atoms with Crippen LogP contribution in [0, 0.1) is 0 Å². The molecule has 0 aliphatic carbocycles. The maximum atomic E-state index is 12.7. The SMILES string of the molecule is CN(C(=O)N=CN)C1CCN(C(=O)c2csc(-c3cccnc3)n2)CC1. The van der Waals surface area contributed by atoms with Gasteiger partial charge in [0.2, 0.25) is 0 Å². The summed E-state index contributed by atoms with van der Waals surface area (Å²) in [7, 11) is 1.71. The Labute approximate surface area is 155 Å². The van der Waals surface area contributed by atoms with Crippen LogP contribution in [-0.2, 0) is 0 Å². The van der Waals surface area contributed by atoms with E-state index in [0.717, 1.165) is 16.9 Å². The molecule has 0 aromatic carbocycles. The molecule has 26 heavy (non-hydrogen) atoms. The molecule has 3 rings (SSSR count). The Kier molecular flexibility index (Phi) is 5.57. The third kappa shape index (κ3) is 3.88. The highest BCUT2D eigenvalue weighted by molar-refractivity contribution is 7.13. The molecule has 1 fully saturated rings. The van der Waals surface area contributed by atoms with Gasteiger partial charge in [-0.1, -0.05) is 0 Å². The highest BCUT2D eigenvalue weighted by atomic mass is 32.1. The zero-order chi connectivity index (χ0) is 18.5. The molecule has 2 aromatic rings. The van der Waals surface area contributed by atoms with Crippen LogP contribution in [0.4, 0.5) is 4.79 Å². The van der Waals surface area contributed by atoms with Gasteiger partial charge in [-0.15, -0.1) is 11.3 Å². The summed E-state index contributed by atoms with van der Waals surface area (Å²) < 4.78 is 0. The molecule has 136 valence electrons. The Balaban J connectivity index is 1.61. The molecule has 0 radical (unpaired) electrons. The Morgan fingerprint density at radius 1 is 1.42 bits per heavy atom. The van der Waals surface area contributed by atoms with Gasteiger partial charge in [-0.05, 0) is 25.0 Å². The molecule has 2 N–H and O–H groups in total. The largest absolute Gasteiger partial charge is 0.390 e. The molecule has 0 bridgehead atoms. The normalized spacial score (nSPS) is 15.3. The summed E-state index contributed by atoms with van der Waals surface area (Å²) in [6, 6.07) is 3.45. The fraction of sp³-hybridized carbons (Fsp3) is 0.353. The van der Waals surface area contributed by atoms with E-state index in [1.807, 2.05) is 12.1 Å². The first-order valence-electron chi connectivity index (χ1n) is 8.26. The molecule has 1 aliphatic heterocycles. The average Bonchev–Trinajstić information content (AvgIpc) is 3.18. The van der Waals surface area contributed by atoms with Gasteiger partial charge in [0.1, 0.15) is 10.7 Å². The number of thiazole rings is 1. The van der Waals surface area contributed by atoms with E-state index in [4.69, 9.17) is 5.73 Å². The predicted octanol–water partition coefficient (Wildman–Crippen LogP) is 1.85. The van der Waals surface area contributed by atoms with E-state index >= 15 is 0 Å². The van der Waals surface area contributed by atoms with Gasteiger partial charge < -0.3 is 15.5 Å². The van der Waals surface area contributed by atoms with Gasteiger partial charge in [-0.2, -0.15) is 4.99 Å². The lowest BCUT2D eigenvalue weighted by molar-refractivity contribution is 0.0665. The van der Waals surface area contributed by atoms with Crippen molar-refractivity contribution in [2.45, 2.75) is 18.9 Å². The zero-order valence-corrected chi connectivity index (χ0v) is 15.2. The minimum Gasteiger partial charge on any atom is -0.390 e. The first-order valence-corrected chi connectivity index (χ1v) is 9.14. The van der Waals surface area contributed by atoms with Crippen molar-refractivity contribution in [3.05, 3.63) is 35.6 Å². The maximum absolute atomic E-state index is 12.7. The van der Waals surface area contributed by atoms with E-state index in [9.17, 15) is 9.59 Å². The van der Waals surface area contributed by atoms with Crippen molar-refractivity contribution < 1.29 is 9.59 Å². The van der Waals surface area contributed by atoms with Crippen LogP contribution in [0.15, 0.2) is 34.9 Å². The molecule has 3 heterocycles. The molecule has 1 saturated heterocycles. The van der Waals surface area contributed by atoms with Gasteiger partial charge in [-0.3, -0.25) is 9.78 Å². The molecule has 0 saturated carbocycles. The Morgan fingerprint density at radius 2 is 2.19 bits per heavy atom. The average molecular weight is 372 g/mol. The first-order chi connectivity index (χ1) is 12.6. The van der Waals surface area contributed by atoms with Crippen molar-refractivity contribution in [2.24, 2.45) is 10.7 Å². The number of aliphatic imine (C=N–C) groups is 1. The standard InChI is InChI=1S/C17H20N6O2S/c1-22(17(25)20-11-18)13-4-7-23(8-5-13)16(24)14-10-26-15(21-14)12-3-2-6-19-9-12/h2-3,6,9-11,13H,4-5,7-8H2,1H3,(H2,18,20,25). The zero-order valence-electron chi connectivity index (χ0n) is 14.4. The molecule has 2 aromatic heterocycles. The van der Waals surface area contributed by atoms with E-state index in [0.29, 0.717) is 31.6 Å². The highest BCUT2D eigenvalue weighted by Crippen LogP contribution is 2.24. The fourth-order valence-corrected chi connectivity index (χ4v) is 3.71. The van der Waals surface area contributed by atoms with Crippen molar-refractivity contribution in [1.82, 2.24) is 19.8 Å². The number of likely N-dealkylation sites (tertiary alicyclic amines) is 1. The van der Waals surface area contributed by atoms with Gasteiger partial charge in [0, 0.05) is 49.5 Å². The van der Waals surface area contributed by atoms with E-state index in [1.54, 1.807) is 34.6 Å². The quantitative estimate of drug-likeness (QED) is 0.654. The number of carbonyl (C=O) groups is 2. The highest BCUT2D eigenvalue weighted by Gasteiger charge is 2.28. The number of hydrogen-bond acceptors (Lipinski definition) is 5. The van der Waals surface area contributed by atoms with Crippen LogP contribution in [-0.4, -0.2) is 64.2 Å². The van der Waals surface area contributed by atoms with Gasteiger partial charge in [0.15, 0.2) is 0 Å². The van der Waals surface area contributed by atoms with E-state index in [1.165, 1.54) is 11.3 Å². The summed E-state index contributed by atoms with van der Waals surface area (Å²) in [6.45, 7) is 1.15. The molecule has 1 aliphatic rings. The van der Waals surface area contributed by atoms with Crippen LogP contribution in [0.5, 0.6) is 0 Å². The van der Waals surface area contributed by atoms with Crippen molar-refractivity contribution in [3.8, 4) is 10.6 Å². The summed E-state index contributed by atoms with van der Waals surface area (Å²) in [4.78, 5) is 39.9. The lowest BCUT2D eigenvalue weighted by Gasteiger charge is -2.35. The van der Waals surface area contributed by atoms with Crippen molar-refractivity contribution in [1.29, 1.82) is 0 Å². The third-order valence-electron chi connectivity index (χ3n) is 4.42.